The third-order valence-corrected chi connectivity index (χ3v) is 5.43. The van der Waals surface area contributed by atoms with Crippen molar-refractivity contribution >= 4 is 28.9 Å². The van der Waals surface area contributed by atoms with Gasteiger partial charge in [0.15, 0.2) is 0 Å². The number of carbonyl (C=O) groups is 1. The van der Waals surface area contributed by atoms with E-state index in [9.17, 15) is 4.79 Å². The molecule has 3 aromatic rings. The number of carbonyl (C=O) groups excluding carboxylic acids is 1. The van der Waals surface area contributed by atoms with E-state index >= 15 is 0 Å². The summed E-state index contributed by atoms with van der Waals surface area (Å²) in [5.74, 6) is 0.342. The molecule has 2 aromatic heterocycles. The highest BCUT2D eigenvalue weighted by Gasteiger charge is 2.25. The van der Waals surface area contributed by atoms with Gasteiger partial charge in [-0.3, -0.25) is 9.78 Å². The van der Waals surface area contributed by atoms with Crippen LogP contribution in [0.4, 0.5) is 0 Å². The second-order valence-electron chi connectivity index (χ2n) is 6.47. The summed E-state index contributed by atoms with van der Waals surface area (Å²) in [5, 5.41) is 6.22. The van der Waals surface area contributed by atoms with E-state index in [1.807, 2.05) is 35.9 Å². The number of hydrogen-bond donors (Lipinski definition) is 0. The maximum absolute atomic E-state index is 12.3. The third kappa shape index (κ3) is 3.66. The van der Waals surface area contributed by atoms with Crippen LogP contribution in [0.3, 0.4) is 0 Å². The molecule has 4 rings (SSSR count). The summed E-state index contributed by atoms with van der Waals surface area (Å²) in [6.07, 6.45) is 4.29. The summed E-state index contributed by atoms with van der Waals surface area (Å²) < 4.78 is 7.27. The Morgan fingerprint density at radius 1 is 1.35 bits per heavy atom. The van der Waals surface area contributed by atoms with Crippen LogP contribution in [0.15, 0.2) is 36.0 Å². The molecule has 1 aromatic carbocycles. The fourth-order valence-corrected chi connectivity index (χ4v) is 3.55. The zero-order chi connectivity index (χ0) is 18.1. The molecule has 0 atom stereocenters. The molecule has 0 bridgehead atoms. The Hall–Kier alpha value is -2.18. The Morgan fingerprint density at radius 2 is 2.12 bits per heavy atom. The first-order chi connectivity index (χ1) is 12.6. The van der Waals surface area contributed by atoms with Crippen molar-refractivity contribution in [1.29, 1.82) is 0 Å². The van der Waals surface area contributed by atoms with Gasteiger partial charge in [-0.25, -0.2) is 4.68 Å². The Kier molecular flexibility index (Phi) is 4.78. The van der Waals surface area contributed by atoms with Crippen LogP contribution in [-0.4, -0.2) is 27.3 Å². The Morgan fingerprint density at radius 3 is 2.77 bits per heavy atom. The molecule has 5 nitrogen and oxygen atoms in total. The highest BCUT2D eigenvalue weighted by molar-refractivity contribution is 7.12. The van der Waals surface area contributed by atoms with Crippen molar-refractivity contribution in [1.82, 2.24) is 14.8 Å². The third-order valence-electron chi connectivity index (χ3n) is 4.43. The van der Waals surface area contributed by atoms with Gasteiger partial charge in [0.1, 0.15) is 5.00 Å². The number of rotatable bonds is 6. The van der Waals surface area contributed by atoms with Gasteiger partial charge < -0.3 is 4.74 Å². The maximum Gasteiger partial charge on any atom is 0.310 e. The van der Waals surface area contributed by atoms with Crippen LogP contribution >= 0.6 is 22.9 Å². The van der Waals surface area contributed by atoms with Crippen molar-refractivity contribution in [2.24, 2.45) is 5.92 Å². The number of ether oxygens (including phenoxy) is 1. The van der Waals surface area contributed by atoms with E-state index in [-0.39, 0.29) is 12.4 Å². The van der Waals surface area contributed by atoms with Gasteiger partial charge >= 0.3 is 5.97 Å². The first-order valence-electron chi connectivity index (χ1n) is 8.50. The Bertz CT molecular complexity index is 915. The molecule has 26 heavy (non-hydrogen) atoms. The zero-order valence-electron chi connectivity index (χ0n) is 14.3. The number of halogens is 1. The van der Waals surface area contributed by atoms with Crippen LogP contribution in [0, 0.1) is 12.8 Å². The van der Waals surface area contributed by atoms with Gasteiger partial charge in [-0.1, -0.05) is 23.7 Å². The van der Waals surface area contributed by atoms with Crippen LogP contribution in [0.25, 0.3) is 16.3 Å². The number of esters is 1. The predicted octanol–water partition coefficient (Wildman–Crippen LogP) is 4.45. The predicted molar refractivity (Wildman–Crippen MR) is 102 cm³/mol. The van der Waals surface area contributed by atoms with Crippen LogP contribution in [-0.2, 0) is 16.0 Å². The highest BCUT2D eigenvalue weighted by Crippen LogP contribution is 2.32. The lowest BCUT2D eigenvalue weighted by Crippen LogP contribution is -2.11. The fourth-order valence-electron chi connectivity index (χ4n) is 2.84. The van der Waals surface area contributed by atoms with Gasteiger partial charge in [-0.2, -0.15) is 5.10 Å². The van der Waals surface area contributed by atoms with Crippen molar-refractivity contribution in [3.8, 4) is 16.3 Å². The van der Waals surface area contributed by atoms with E-state index in [2.05, 4.69) is 10.1 Å². The number of thiazole rings is 1. The molecule has 1 fully saturated rings. The summed E-state index contributed by atoms with van der Waals surface area (Å²) in [6, 6.07) is 7.56. The molecular formula is C19H18ClN3O2S. The summed E-state index contributed by atoms with van der Waals surface area (Å²) >= 11 is 7.54. The van der Waals surface area contributed by atoms with Crippen molar-refractivity contribution in [3.05, 3.63) is 52.3 Å². The molecule has 134 valence electrons. The van der Waals surface area contributed by atoms with Crippen molar-refractivity contribution < 1.29 is 9.53 Å². The van der Waals surface area contributed by atoms with E-state index < -0.39 is 0 Å². The SMILES string of the molecule is Cc1nn(-c2cncs2)c(-c2ccc(Cl)cc2)c1CC(=O)OCC1CC1. The van der Waals surface area contributed by atoms with Crippen LogP contribution < -0.4 is 0 Å². The maximum atomic E-state index is 12.3. The molecule has 2 heterocycles. The van der Waals surface area contributed by atoms with Crippen molar-refractivity contribution in [2.75, 3.05) is 6.61 Å². The van der Waals surface area contributed by atoms with Gasteiger partial charge in [-0.15, -0.1) is 11.3 Å². The summed E-state index contributed by atoms with van der Waals surface area (Å²) in [5.41, 5.74) is 5.29. The monoisotopic (exact) mass is 387 g/mol. The van der Waals surface area contributed by atoms with Gasteiger partial charge in [0.2, 0.25) is 0 Å². The minimum atomic E-state index is -0.209. The van der Waals surface area contributed by atoms with E-state index in [0.717, 1.165) is 40.4 Å². The Labute approximate surface area is 160 Å². The van der Waals surface area contributed by atoms with Gasteiger partial charge in [0, 0.05) is 16.1 Å². The topological polar surface area (TPSA) is 57.0 Å². The van der Waals surface area contributed by atoms with E-state index in [4.69, 9.17) is 16.3 Å². The van der Waals surface area contributed by atoms with Crippen LogP contribution in [0.5, 0.6) is 0 Å². The summed E-state index contributed by atoms with van der Waals surface area (Å²) in [6.45, 7) is 2.44. The number of benzene rings is 1. The molecular weight excluding hydrogens is 370 g/mol. The van der Waals surface area contributed by atoms with Crippen molar-refractivity contribution in [3.63, 3.8) is 0 Å². The molecule has 0 radical (unpaired) electrons. The minimum absolute atomic E-state index is 0.204. The number of hydrogen-bond acceptors (Lipinski definition) is 5. The van der Waals surface area contributed by atoms with Crippen molar-refractivity contribution in [2.45, 2.75) is 26.2 Å². The normalized spacial score (nSPS) is 13.8. The second kappa shape index (κ2) is 7.21. The molecule has 1 aliphatic rings. The van der Waals surface area contributed by atoms with Crippen LogP contribution in [0.1, 0.15) is 24.1 Å². The summed E-state index contributed by atoms with van der Waals surface area (Å²) in [4.78, 5) is 16.5. The Balaban J connectivity index is 1.71. The second-order valence-corrected chi connectivity index (χ2v) is 7.78. The van der Waals surface area contributed by atoms with Gasteiger partial charge in [-0.05, 0) is 37.8 Å². The standard InChI is InChI=1S/C19H18ClN3O2S/c1-12-16(8-18(24)25-10-13-2-3-13)19(14-4-6-15(20)7-5-14)23(22-12)17-9-21-11-26-17/h4-7,9,11,13H,2-3,8,10H2,1H3. The molecule has 7 heteroatoms. The van der Waals surface area contributed by atoms with Gasteiger partial charge in [0.05, 0.1) is 36.1 Å². The lowest BCUT2D eigenvalue weighted by atomic mass is 10.0. The molecule has 1 saturated carbocycles. The molecule has 0 amide bonds. The molecule has 0 N–H and O–H groups in total. The van der Waals surface area contributed by atoms with E-state index in [0.29, 0.717) is 17.5 Å². The van der Waals surface area contributed by atoms with Crippen LogP contribution in [0.2, 0.25) is 5.02 Å². The fraction of sp³-hybridized carbons (Fsp3) is 0.316. The van der Waals surface area contributed by atoms with Gasteiger partial charge in [0.25, 0.3) is 0 Å². The minimum Gasteiger partial charge on any atom is -0.465 e. The van der Waals surface area contributed by atoms with E-state index in [1.54, 1.807) is 11.7 Å². The van der Waals surface area contributed by atoms with E-state index in [1.165, 1.54) is 11.3 Å². The molecule has 1 aliphatic carbocycles. The first-order valence-corrected chi connectivity index (χ1v) is 9.76. The molecule has 0 saturated heterocycles. The lowest BCUT2D eigenvalue weighted by Gasteiger charge is -2.09. The zero-order valence-corrected chi connectivity index (χ0v) is 15.9. The summed E-state index contributed by atoms with van der Waals surface area (Å²) in [7, 11) is 0. The molecule has 0 aliphatic heterocycles. The first kappa shape index (κ1) is 17.2. The highest BCUT2D eigenvalue weighted by atomic mass is 35.5. The molecule has 0 spiro atoms. The largest absolute Gasteiger partial charge is 0.465 e. The number of nitrogens with zero attached hydrogens (tertiary/aromatic N) is 3. The lowest BCUT2D eigenvalue weighted by molar-refractivity contribution is -0.143. The average Bonchev–Trinajstić information content (AvgIpc) is 3.19. The smallest absolute Gasteiger partial charge is 0.310 e. The molecule has 0 unspecified atom stereocenters. The quantitative estimate of drug-likeness (QED) is 0.586. The number of aromatic nitrogens is 3. The average molecular weight is 388 g/mol. The number of aryl methyl sites for hydroxylation is 1.